The minimum Gasteiger partial charge on any atom is -0.464 e. The second-order valence-corrected chi connectivity index (χ2v) is 18.9. The smallest absolute Gasteiger partial charge is 0.293 e. The highest BCUT2D eigenvalue weighted by atomic mass is 32.2. The van der Waals surface area contributed by atoms with E-state index in [0.29, 0.717) is 44.5 Å². The van der Waals surface area contributed by atoms with Crippen LogP contribution in [0, 0.1) is 17.8 Å². The Balaban J connectivity index is 2.28. The summed E-state index contributed by atoms with van der Waals surface area (Å²) < 4.78 is 50.3. The van der Waals surface area contributed by atoms with Crippen LogP contribution in [0.15, 0.2) is 91.0 Å². The first-order chi connectivity index (χ1) is 32.6. The fourth-order valence-corrected chi connectivity index (χ4v) is 9.34. The first-order valence-electron chi connectivity index (χ1n) is 23.1. The molecule has 9 unspecified atom stereocenters. The molecule has 0 spiro atoms. The molecule has 0 aromatic heterocycles. The van der Waals surface area contributed by atoms with Gasteiger partial charge in [0.25, 0.3) is 29.5 Å². The zero-order chi connectivity index (χ0) is 50.1. The number of ether oxygens (including phenoxy) is 3. The molecule has 0 saturated carbocycles. The van der Waals surface area contributed by atoms with Crippen LogP contribution < -0.4 is 16.0 Å². The number of likely N-dealkylation sites (N-methyl/N-ethyl adjacent to an activating group) is 2. The summed E-state index contributed by atoms with van der Waals surface area (Å²) in [6.45, 7) is 5.57. The van der Waals surface area contributed by atoms with Crippen LogP contribution in [-0.2, 0) is 53.1 Å². The van der Waals surface area contributed by atoms with Crippen LogP contribution in [0.2, 0.25) is 0 Å². The van der Waals surface area contributed by atoms with Crippen LogP contribution in [0.5, 0.6) is 0 Å². The number of benzene rings is 3. The fourth-order valence-electron chi connectivity index (χ4n) is 8.98. The van der Waals surface area contributed by atoms with E-state index in [0.717, 1.165) is 11.1 Å². The molecule has 3 aromatic carbocycles. The molecule has 18 heteroatoms. The number of amides is 3. The minimum atomic E-state index is -4.47. The number of nitrogens with one attached hydrogen (secondary N) is 3. The molecule has 9 atom stereocenters. The van der Waals surface area contributed by atoms with Crippen molar-refractivity contribution < 1.29 is 55.9 Å². The number of nitrogens with zero attached hydrogens (tertiary/aromatic N) is 2. The predicted molar refractivity (Wildman–Crippen MR) is 258 cm³/mol. The van der Waals surface area contributed by atoms with Gasteiger partial charge in [-0.15, -0.1) is 0 Å². The number of rotatable bonds is 34. The van der Waals surface area contributed by atoms with Crippen molar-refractivity contribution in [1.29, 1.82) is 0 Å². The third kappa shape index (κ3) is 18.4. The first kappa shape index (κ1) is 56.6. The lowest BCUT2D eigenvalue weighted by molar-refractivity contribution is -0.145. The molecule has 17 nitrogen and oxygen atoms in total. The maximum absolute atomic E-state index is 15.0. The van der Waals surface area contributed by atoms with E-state index in [4.69, 9.17) is 14.2 Å². The van der Waals surface area contributed by atoms with Gasteiger partial charge in [-0.05, 0) is 82.9 Å². The summed E-state index contributed by atoms with van der Waals surface area (Å²) in [6.07, 6.45) is -3.05. The molecule has 0 radical (unpaired) electrons. The Morgan fingerprint density at radius 2 is 0.985 bits per heavy atom. The predicted octanol–water partition coefficient (Wildman–Crippen LogP) is 4.16. The van der Waals surface area contributed by atoms with Gasteiger partial charge >= 0.3 is 0 Å². The van der Waals surface area contributed by atoms with E-state index in [1.807, 2.05) is 100 Å². The molecule has 3 amide bonds. The summed E-state index contributed by atoms with van der Waals surface area (Å²) in [5.74, 6) is -7.64. The van der Waals surface area contributed by atoms with Crippen LogP contribution in [0.25, 0.3) is 0 Å². The molecule has 3 rings (SSSR count). The monoisotopic (exact) mass is 965 g/mol. The molecule has 4 N–H and O–H groups in total. The minimum absolute atomic E-state index is 0.0926. The molecule has 0 heterocycles. The second kappa shape index (κ2) is 29.9. The van der Waals surface area contributed by atoms with Gasteiger partial charge in [0.2, 0.25) is 17.7 Å². The first-order valence-corrected chi connectivity index (χ1v) is 24.7. The Labute approximate surface area is 401 Å². The lowest BCUT2D eigenvalue weighted by Gasteiger charge is -2.38. The number of carbonyl (C=O) groups excluding carboxylic acids is 6. The third-order valence-corrected chi connectivity index (χ3v) is 13.0. The van der Waals surface area contributed by atoms with Gasteiger partial charge in [-0.1, -0.05) is 105 Å². The third-order valence-electron chi connectivity index (χ3n) is 12.3. The fraction of sp³-hybridized carbons (Fsp3) is 0.520. The van der Waals surface area contributed by atoms with Gasteiger partial charge < -0.3 is 40.0 Å². The van der Waals surface area contributed by atoms with Gasteiger partial charge in [-0.2, -0.15) is 8.42 Å². The van der Waals surface area contributed by atoms with Gasteiger partial charge in [0, 0.05) is 44.6 Å². The van der Waals surface area contributed by atoms with Gasteiger partial charge in [0.1, 0.15) is 18.3 Å². The largest absolute Gasteiger partial charge is 0.464 e. The second-order valence-electron chi connectivity index (χ2n) is 17.3. The van der Waals surface area contributed by atoms with Crippen molar-refractivity contribution in [1.82, 2.24) is 25.8 Å². The number of carbonyl (C=O) groups is 6. The Morgan fingerprint density at radius 3 is 1.41 bits per heavy atom. The molecule has 68 heavy (non-hydrogen) atoms. The molecule has 3 aromatic rings. The average Bonchev–Trinajstić information content (AvgIpc) is 3.30. The maximum atomic E-state index is 15.0. The lowest BCUT2D eigenvalue weighted by atomic mass is 9.72. The van der Waals surface area contributed by atoms with Crippen LogP contribution >= 0.6 is 0 Å². The summed E-state index contributed by atoms with van der Waals surface area (Å²) in [5, 5.41) is 8.60. The zero-order valence-corrected chi connectivity index (χ0v) is 40.9. The molecule has 0 aliphatic heterocycles. The summed E-state index contributed by atoms with van der Waals surface area (Å²) in [4.78, 5) is 85.0. The van der Waals surface area contributed by atoms with Crippen molar-refractivity contribution in [2.24, 2.45) is 17.8 Å². The molecule has 374 valence electrons. The maximum Gasteiger partial charge on any atom is 0.293 e. The van der Waals surface area contributed by atoms with Crippen molar-refractivity contribution in [3.63, 3.8) is 0 Å². The summed E-state index contributed by atoms with van der Waals surface area (Å²) >= 11 is 0. The van der Waals surface area contributed by atoms with Crippen molar-refractivity contribution in [3.05, 3.63) is 108 Å². The van der Waals surface area contributed by atoms with E-state index in [2.05, 4.69) is 16.0 Å². The average molecular weight is 966 g/mol. The summed E-state index contributed by atoms with van der Waals surface area (Å²) in [5.41, 5.74) is 2.20. The molecule has 0 bridgehead atoms. The molecule has 0 fully saturated rings. The van der Waals surface area contributed by atoms with Crippen molar-refractivity contribution in [2.45, 2.75) is 82.0 Å². The Morgan fingerprint density at radius 1 is 0.574 bits per heavy atom. The van der Waals surface area contributed by atoms with Gasteiger partial charge in [0.05, 0.1) is 23.5 Å². The highest BCUT2D eigenvalue weighted by molar-refractivity contribution is 7.85. The van der Waals surface area contributed by atoms with Crippen LogP contribution in [0.4, 0.5) is 0 Å². The van der Waals surface area contributed by atoms with Gasteiger partial charge in [-0.25, -0.2) is 0 Å². The van der Waals surface area contributed by atoms with Gasteiger partial charge in [0.15, 0.2) is 0 Å². The van der Waals surface area contributed by atoms with Gasteiger partial charge in [-0.3, -0.25) is 33.3 Å². The van der Waals surface area contributed by atoms with Crippen LogP contribution in [0.1, 0.15) is 80.4 Å². The standard InChI is InChI=1S/C50H71N5O12S/c1-7-39(36-18-12-9-13-19-36)45(49(60)51-26-29-54(3)4)44(66-34-57)32-42(38-22-16-11-17-23-38)46(50(61)52-27-30-55(5)6)43(65-33-56)25-24-41(48(59)53-28-31-68(62,63)64)47(67-35-58)40(8-2)37-20-14-10-15-21-37/h9-23,33-35,39-47H,7-8,24-32H2,1-6H3,(H,51,60)(H,52,61)(H,53,59)(H,62,63,64). The number of hydrogen-bond acceptors (Lipinski definition) is 13. The quantitative estimate of drug-likeness (QED) is 0.0375. The van der Waals surface area contributed by atoms with Crippen LogP contribution in [0.3, 0.4) is 0 Å². The van der Waals surface area contributed by atoms with Crippen molar-refractivity contribution in [3.8, 4) is 0 Å². The molecule has 0 aliphatic rings. The number of hydrogen-bond donors (Lipinski definition) is 4. The Kier molecular flexibility index (Phi) is 24.9. The molecule has 0 aliphatic carbocycles. The molecule has 0 saturated heterocycles. The molecular formula is C50H71N5O12S. The highest BCUT2D eigenvalue weighted by Crippen LogP contribution is 2.41. The summed E-state index contributed by atoms with van der Waals surface area (Å²) in [7, 11) is 2.98. The van der Waals surface area contributed by atoms with E-state index in [1.165, 1.54) is 0 Å². The topological polar surface area (TPSA) is 227 Å². The van der Waals surface area contributed by atoms with E-state index in [1.54, 1.807) is 42.5 Å². The lowest BCUT2D eigenvalue weighted by Crippen LogP contribution is -2.48. The zero-order valence-electron chi connectivity index (χ0n) is 40.1. The van der Waals surface area contributed by atoms with Crippen LogP contribution in [-0.4, -0.2) is 145 Å². The van der Waals surface area contributed by atoms with E-state index in [-0.39, 0.29) is 44.7 Å². The van der Waals surface area contributed by atoms with E-state index >= 15 is 0 Å². The van der Waals surface area contributed by atoms with E-state index < -0.39 is 88.0 Å². The highest BCUT2D eigenvalue weighted by Gasteiger charge is 2.45. The molecular weight excluding hydrogens is 895 g/mol. The Hall–Kier alpha value is -5.69. The van der Waals surface area contributed by atoms with Crippen molar-refractivity contribution in [2.75, 3.05) is 66.7 Å². The summed E-state index contributed by atoms with van der Waals surface area (Å²) in [6, 6.07) is 27.4. The Bertz CT molecular complexity index is 2080. The van der Waals surface area contributed by atoms with E-state index in [9.17, 15) is 41.7 Å². The normalized spacial score (nSPS) is 15.5. The SMILES string of the molecule is CCC(c1ccccc1)C(OC=O)C(CCC(OC=O)C(C(=O)NCCN(C)C)C(CC(OC=O)C(C(=O)NCCN(C)C)C(CC)c1ccccc1)c1ccccc1)C(=O)NCCS(=O)(=O)O. The van der Waals surface area contributed by atoms with Crippen molar-refractivity contribution >= 4 is 47.3 Å².